The maximum Gasteiger partial charge on any atom is 0.251 e. The molecule has 0 radical (unpaired) electrons. The van der Waals surface area contributed by atoms with E-state index in [1.54, 1.807) is 11.8 Å². The Morgan fingerprint density at radius 2 is 1.88 bits per heavy atom. The van der Waals surface area contributed by atoms with E-state index in [0.717, 1.165) is 17.9 Å². The zero-order valence-corrected chi connectivity index (χ0v) is 15.6. The van der Waals surface area contributed by atoms with Gasteiger partial charge in [-0.1, -0.05) is 29.8 Å². The van der Waals surface area contributed by atoms with E-state index in [4.69, 9.17) is 0 Å². The van der Waals surface area contributed by atoms with Gasteiger partial charge in [0.2, 0.25) is 0 Å². The van der Waals surface area contributed by atoms with E-state index in [1.807, 2.05) is 18.2 Å². The first kappa shape index (κ1) is 18.0. The van der Waals surface area contributed by atoms with Gasteiger partial charge in [-0.15, -0.1) is 11.8 Å². The number of rotatable bonds is 7. The van der Waals surface area contributed by atoms with Crippen molar-refractivity contribution in [3.8, 4) is 0 Å². The number of carbonyl (C=O) groups is 1. The summed E-state index contributed by atoms with van der Waals surface area (Å²) in [6.07, 6.45) is 2.58. The molecule has 0 spiro atoms. The molecule has 1 saturated heterocycles. The van der Waals surface area contributed by atoms with Crippen LogP contribution in [0.15, 0.2) is 53.4 Å². The maximum absolute atomic E-state index is 12.4. The quantitative estimate of drug-likeness (QED) is 0.600. The van der Waals surface area contributed by atoms with Crippen molar-refractivity contribution >= 4 is 17.7 Å². The molecule has 2 aromatic carbocycles. The summed E-state index contributed by atoms with van der Waals surface area (Å²) in [6, 6.07) is 16.5. The summed E-state index contributed by atoms with van der Waals surface area (Å²) in [7, 11) is 0. The Bertz CT molecular complexity index is 693. The van der Waals surface area contributed by atoms with E-state index >= 15 is 0 Å². The lowest BCUT2D eigenvalue weighted by atomic mass is 10.1. The summed E-state index contributed by atoms with van der Waals surface area (Å²) in [5, 5.41) is 3.03. The molecular formula is C21H26N2OS. The van der Waals surface area contributed by atoms with Gasteiger partial charge in [0.15, 0.2) is 0 Å². The highest BCUT2D eigenvalue weighted by Gasteiger charge is 2.12. The lowest BCUT2D eigenvalue weighted by Crippen LogP contribution is -2.26. The molecule has 0 aromatic heterocycles. The average molecular weight is 355 g/mol. The molecule has 3 rings (SSSR count). The van der Waals surface area contributed by atoms with Crippen LogP contribution in [0.1, 0.15) is 34.3 Å². The molecule has 1 fully saturated rings. The van der Waals surface area contributed by atoms with E-state index in [0.29, 0.717) is 6.54 Å². The fraction of sp³-hybridized carbons (Fsp3) is 0.381. The molecule has 0 atom stereocenters. The van der Waals surface area contributed by atoms with Crippen LogP contribution in [0.25, 0.3) is 0 Å². The molecule has 0 aliphatic carbocycles. The fourth-order valence-electron chi connectivity index (χ4n) is 3.08. The van der Waals surface area contributed by atoms with E-state index in [1.165, 1.54) is 42.0 Å². The summed E-state index contributed by atoms with van der Waals surface area (Å²) in [6.45, 7) is 6.06. The molecule has 0 bridgehead atoms. The second kappa shape index (κ2) is 9.07. The van der Waals surface area contributed by atoms with Crippen LogP contribution >= 0.6 is 11.8 Å². The van der Waals surface area contributed by atoms with Gasteiger partial charge in [0, 0.05) is 29.3 Å². The second-order valence-corrected chi connectivity index (χ2v) is 7.77. The molecule has 4 heteroatoms. The zero-order chi connectivity index (χ0) is 17.5. The van der Waals surface area contributed by atoms with Crippen LogP contribution in [-0.2, 0) is 6.54 Å². The van der Waals surface area contributed by atoms with Crippen molar-refractivity contribution in [3.05, 3.63) is 65.2 Å². The van der Waals surface area contributed by atoms with E-state index in [2.05, 4.69) is 47.5 Å². The lowest BCUT2D eigenvalue weighted by molar-refractivity contribution is 0.0956. The van der Waals surface area contributed by atoms with Crippen LogP contribution in [0, 0.1) is 6.92 Å². The Labute approximate surface area is 154 Å². The third-order valence-corrected chi connectivity index (χ3v) is 5.49. The Morgan fingerprint density at radius 1 is 1.12 bits per heavy atom. The first-order valence-electron chi connectivity index (χ1n) is 9.00. The number of nitrogens with one attached hydrogen (secondary N) is 1. The summed E-state index contributed by atoms with van der Waals surface area (Å²) >= 11 is 1.77. The van der Waals surface area contributed by atoms with Gasteiger partial charge in [-0.05, 0) is 62.7 Å². The third kappa shape index (κ3) is 5.62. The predicted octanol–water partition coefficient (Wildman–Crippen LogP) is 4.11. The highest BCUT2D eigenvalue weighted by atomic mass is 32.2. The van der Waals surface area contributed by atoms with Gasteiger partial charge in [-0.2, -0.15) is 0 Å². The molecule has 2 aromatic rings. The number of nitrogens with zero attached hydrogens (tertiary/aromatic N) is 1. The largest absolute Gasteiger partial charge is 0.351 e. The highest BCUT2D eigenvalue weighted by Crippen LogP contribution is 2.17. The van der Waals surface area contributed by atoms with Crippen molar-refractivity contribution in [3.63, 3.8) is 0 Å². The van der Waals surface area contributed by atoms with Gasteiger partial charge in [0.05, 0.1) is 0 Å². The lowest BCUT2D eigenvalue weighted by Gasteiger charge is -2.15. The molecule has 3 nitrogen and oxygen atoms in total. The monoisotopic (exact) mass is 354 g/mol. The molecule has 132 valence electrons. The number of hydrogen-bond donors (Lipinski definition) is 1. The van der Waals surface area contributed by atoms with Gasteiger partial charge in [-0.3, -0.25) is 9.69 Å². The van der Waals surface area contributed by atoms with E-state index in [9.17, 15) is 4.79 Å². The predicted molar refractivity (Wildman–Crippen MR) is 105 cm³/mol. The summed E-state index contributed by atoms with van der Waals surface area (Å²) in [5.74, 6) is 0.898. The van der Waals surface area contributed by atoms with Crippen molar-refractivity contribution in [2.45, 2.75) is 31.2 Å². The van der Waals surface area contributed by atoms with Crippen molar-refractivity contribution < 1.29 is 4.79 Å². The van der Waals surface area contributed by atoms with E-state index in [-0.39, 0.29) is 5.91 Å². The van der Waals surface area contributed by atoms with Crippen LogP contribution < -0.4 is 5.32 Å². The van der Waals surface area contributed by atoms with Crippen molar-refractivity contribution in [2.24, 2.45) is 0 Å². The molecule has 1 amide bonds. The number of likely N-dealkylation sites (tertiary alicyclic amines) is 1. The minimum absolute atomic E-state index is 0.0211. The van der Waals surface area contributed by atoms with Gasteiger partial charge in [0.25, 0.3) is 5.91 Å². The minimum atomic E-state index is 0.0211. The first-order valence-corrected chi connectivity index (χ1v) is 9.98. The summed E-state index contributed by atoms with van der Waals surface area (Å²) in [4.78, 5) is 16.1. The minimum Gasteiger partial charge on any atom is -0.351 e. The standard InChI is InChI=1S/C21H26N2OS/c1-17-7-9-20(10-8-17)25-14-11-22-21(24)19-6-4-5-18(15-19)16-23-12-2-3-13-23/h4-10,15H,2-3,11-14,16H2,1H3,(H,22,24). The van der Waals surface area contributed by atoms with Crippen LogP contribution in [-0.4, -0.2) is 36.2 Å². The maximum atomic E-state index is 12.4. The van der Waals surface area contributed by atoms with E-state index < -0.39 is 0 Å². The van der Waals surface area contributed by atoms with Crippen LogP contribution in [0.4, 0.5) is 0 Å². The van der Waals surface area contributed by atoms with Crippen molar-refractivity contribution in [1.82, 2.24) is 10.2 Å². The van der Waals surface area contributed by atoms with Crippen molar-refractivity contribution in [2.75, 3.05) is 25.4 Å². The Balaban J connectivity index is 1.45. The molecule has 1 aliphatic rings. The number of hydrogen-bond acceptors (Lipinski definition) is 3. The Morgan fingerprint density at radius 3 is 2.64 bits per heavy atom. The smallest absolute Gasteiger partial charge is 0.251 e. The Hall–Kier alpha value is -1.78. The van der Waals surface area contributed by atoms with Crippen LogP contribution in [0.3, 0.4) is 0 Å². The second-order valence-electron chi connectivity index (χ2n) is 6.60. The van der Waals surface area contributed by atoms with Crippen molar-refractivity contribution in [1.29, 1.82) is 0 Å². The van der Waals surface area contributed by atoms with Gasteiger partial charge < -0.3 is 5.32 Å². The zero-order valence-electron chi connectivity index (χ0n) is 14.8. The fourth-order valence-corrected chi connectivity index (χ4v) is 3.85. The number of thioether (sulfide) groups is 1. The summed E-state index contributed by atoms with van der Waals surface area (Å²) < 4.78 is 0. The highest BCUT2D eigenvalue weighted by molar-refractivity contribution is 7.99. The third-order valence-electron chi connectivity index (χ3n) is 4.47. The first-order chi connectivity index (χ1) is 12.2. The number of carbonyl (C=O) groups excluding carboxylic acids is 1. The molecule has 0 unspecified atom stereocenters. The molecule has 25 heavy (non-hydrogen) atoms. The molecule has 1 aliphatic heterocycles. The Kier molecular flexibility index (Phi) is 6.54. The SMILES string of the molecule is Cc1ccc(SCCNC(=O)c2cccc(CN3CCCC3)c2)cc1. The van der Waals surface area contributed by atoms with Gasteiger partial charge in [-0.25, -0.2) is 0 Å². The summed E-state index contributed by atoms with van der Waals surface area (Å²) in [5.41, 5.74) is 3.26. The number of aryl methyl sites for hydroxylation is 1. The molecule has 1 N–H and O–H groups in total. The normalized spacial score (nSPS) is 14.6. The molecule has 1 heterocycles. The topological polar surface area (TPSA) is 32.3 Å². The van der Waals surface area contributed by atoms with Crippen LogP contribution in [0.5, 0.6) is 0 Å². The average Bonchev–Trinajstić information content (AvgIpc) is 3.13. The van der Waals surface area contributed by atoms with Gasteiger partial charge in [0.1, 0.15) is 0 Å². The number of amides is 1. The molecule has 0 saturated carbocycles. The van der Waals surface area contributed by atoms with Gasteiger partial charge >= 0.3 is 0 Å². The number of benzene rings is 2. The molecular weight excluding hydrogens is 328 g/mol. The van der Waals surface area contributed by atoms with Crippen LogP contribution in [0.2, 0.25) is 0 Å².